The molecule has 0 bridgehead atoms. The van der Waals surface area contributed by atoms with E-state index >= 15 is 0 Å². The van der Waals surface area contributed by atoms with Gasteiger partial charge in [-0.2, -0.15) is 13.9 Å². The third-order valence-electron chi connectivity index (χ3n) is 2.39. The van der Waals surface area contributed by atoms with Crippen LogP contribution in [0.4, 0.5) is 8.78 Å². The van der Waals surface area contributed by atoms with Gasteiger partial charge >= 0.3 is 5.97 Å². The molecule has 0 saturated carbocycles. The van der Waals surface area contributed by atoms with E-state index in [0.29, 0.717) is 5.56 Å². The molecule has 21 heavy (non-hydrogen) atoms. The van der Waals surface area contributed by atoms with Crippen molar-refractivity contribution in [3.63, 3.8) is 0 Å². The zero-order chi connectivity index (χ0) is 17.1. The fraction of sp³-hybridized carbons (Fsp3) is 0.733. The van der Waals surface area contributed by atoms with Crippen LogP contribution in [-0.4, -0.2) is 22.8 Å². The fourth-order valence-corrected chi connectivity index (χ4v) is 1.69. The van der Waals surface area contributed by atoms with E-state index in [2.05, 4.69) is 10.2 Å². The van der Waals surface area contributed by atoms with Crippen LogP contribution >= 0.6 is 0 Å². The summed E-state index contributed by atoms with van der Waals surface area (Å²) in [5.74, 6) is -3.54. The van der Waals surface area contributed by atoms with E-state index in [1.165, 1.54) is 0 Å². The van der Waals surface area contributed by atoms with E-state index in [0.717, 1.165) is 0 Å². The fourth-order valence-electron chi connectivity index (χ4n) is 1.69. The van der Waals surface area contributed by atoms with Crippen LogP contribution in [0.2, 0.25) is 0 Å². The van der Waals surface area contributed by atoms with Crippen molar-refractivity contribution in [3.05, 3.63) is 17.0 Å². The lowest BCUT2D eigenvalue weighted by molar-refractivity contribution is -0.00649. The molecule has 2 rings (SSSR count). The lowest BCUT2D eigenvalue weighted by Crippen LogP contribution is -2.08. The molecule has 1 aromatic rings. The first-order chi connectivity index (χ1) is 10.1. The lowest BCUT2D eigenvalue weighted by Gasteiger charge is -2.05. The van der Waals surface area contributed by atoms with E-state index in [4.69, 9.17) is 4.74 Å². The molecule has 1 aromatic heterocycles. The molecular weight excluding hydrogens is 278 g/mol. The Morgan fingerprint density at radius 3 is 2.24 bits per heavy atom. The first kappa shape index (κ1) is 21.8. The number of ether oxygens (including phenoxy) is 1. The first-order valence-electron chi connectivity index (χ1n) is 7.69. The molecule has 6 heteroatoms. The second kappa shape index (κ2) is 11.2. The van der Waals surface area contributed by atoms with Crippen molar-refractivity contribution < 1.29 is 18.3 Å². The van der Waals surface area contributed by atoms with Gasteiger partial charge in [0.05, 0.1) is 6.61 Å². The number of nitrogens with one attached hydrogen (secondary N) is 1. The van der Waals surface area contributed by atoms with E-state index in [1.54, 1.807) is 6.92 Å². The topological polar surface area (TPSA) is 55.0 Å². The van der Waals surface area contributed by atoms with Gasteiger partial charge in [0, 0.05) is 12.0 Å². The van der Waals surface area contributed by atoms with E-state index in [-0.39, 0.29) is 30.8 Å². The minimum absolute atomic E-state index is 0.0102. The summed E-state index contributed by atoms with van der Waals surface area (Å²) in [7, 11) is 0. The molecule has 1 aliphatic rings. The summed E-state index contributed by atoms with van der Waals surface area (Å²) >= 11 is 0. The van der Waals surface area contributed by atoms with Crippen LogP contribution in [0.1, 0.15) is 76.6 Å². The summed E-state index contributed by atoms with van der Waals surface area (Å²) in [6.07, 6.45) is -0.115. The normalized spacial score (nSPS) is 13.4. The smallest absolute Gasteiger partial charge is 0.359 e. The highest BCUT2D eigenvalue weighted by Gasteiger charge is 2.43. The highest BCUT2D eigenvalue weighted by atomic mass is 19.3. The Bertz CT molecular complexity index is 404. The van der Waals surface area contributed by atoms with Crippen LogP contribution in [0.3, 0.4) is 0 Å². The molecule has 0 saturated heterocycles. The summed E-state index contributed by atoms with van der Waals surface area (Å²) in [5, 5.41) is 5.79. The molecule has 1 aliphatic carbocycles. The molecule has 0 radical (unpaired) electrons. The van der Waals surface area contributed by atoms with E-state index < -0.39 is 11.9 Å². The maximum Gasteiger partial charge on any atom is 0.359 e. The molecule has 0 amide bonds. The number of aromatic amines is 1. The Morgan fingerprint density at radius 1 is 1.24 bits per heavy atom. The summed E-state index contributed by atoms with van der Waals surface area (Å²) < 4.78 is 31.1. The van der Waals surface area contributed by atoms with Crippen LogP contribution in [0.25, 0.3) is 0 Å². The number of alkyl halides is 2. The zero-order valence-electron chi connectivity index (χ0n) is 14.1. The summed E-state index contributed by atoms with van der Waals surface area (Å²) in [6.45, 7) is 13.9. The predicted octanol–water partition coefficient (Wildman–Crippen LogP) is 4.70. The maximum absolute atomic E-state index is 13.2. The second-order valence-electron chi connectivity index (χ2n) is 3.35. The van der Waals surface area contributed by atoms with Crippen molar-refractivity contribution in [2.24, 2.45) is 0 Å². The third-order valence-corrected chi connectivity index (χ3v) is 2.39. The number of hydrogen-bond acceptors (Lipinski definition) is 3. The Hall–Kier alpha value is -1.46. The average molecular weight is 306 g/mol. The van der Waals surface area contributed by atoms with Crippen molar-refractivity contribution in [2.45, 2.75) is 67.2 Å². The van der Waals surface area contributed by atoms with Crippen LogP contribution in [0.15, 0.2) is 0 Å². The molecular formula is C15H28F2N2O2. The number of hydrogen-bond donors (Lipinski definition) is 1. The molecule has 0 aliphatic heterocycles. The number of carbonyl (C=O) groups excluding carboxylic acids is 1. The highest BCUT2D eigenvalue weighted by Crippen LogP contribution is 2.41. The Labute approximate surface area is 126 Å². The lowest BCUT2D eigenvalue weighted by atomic mass is 10.2. The van der Waals surface area contributed by atoms with Crippen molar-refractivity contribution in [3.8, 4) is 0 Å². The maximum atomic E-state index is 13.2. The van der Waals surface area contributed by atoms with Crippen molar-refractivity contribution in [1.29, 1.82) is 0 Å². The van der Waals surface area contributed by atoms with Gasteiger partial charge in [0.25, 0.3) is 5.92 Å². The number of H-pyrrole nitrogens is 1. The minimum atomic E-state index is -2.90. The largest absolute Gasteiger partial charge is 0.461 e. The van der Waals surface area contributed by atoms with Gasteiger partial charge in [0.1, 0.15) is 5.69 Å². The first-order valence-corrected chi connectivity index (χ1v) is 7.69. The molecule has 0 atom stereocenters. The van der Waals surface area contributed by atoms with Gasteiger partial charge in [0.2, 0.25) is 0 Å². The minimum Gasteiger partial charge on any atom is -0.461 e. The Balaban J connectivity index is 0. The van der Waals surface area contributed by atoms with Crippen LogP contribution in [-0.2, 0) is 17.1 Å². The summed E-state index contributed by atoms with van der Waals surface area (Å²) in [5.41, 5.74) is 0.0352. The second-order valence-corrected chi connectivity index (χ2v) is 3.35. The number of nitrogens with zero attached hydrogens (tertiary/aromatic N) is 1. The number of carbonyl (C=O) groups is 1. The van der Waals surface area contributed by atoms with Crippen LogP contribution in [0.5, 0.6) is 0 Å². The van der Waals surface area contributed by atoms with Crippen LogP contribution < -0.4 is 0 Å². The molecule has 1 N–H and O–H groups in total. The van der Waals surface area contributed by atoms with Gasteiger partial charge in [-0.05, 0) is 13.3 Å². The van der Waals surface area contributed by atoms with Gasteiger partial charge in [-0.3, -0.25) is 5.10 Å². The Morgan fingerprint density at radius 2 is 1.76 bits per heavy atom. The van der Waals surface area contributed by atoms with Gasteiger partial charge in [-0.15, -0.1) is 0 Å². The highest BCUT2D eigenvalue weighted by molar-refractivity contribution is 5.89. The quantitative estimate of drug-likeness (QED) is 0.805. The number of fused-ring (bicyclic) bond motifs is 1. The molecule has 0 unspecified atom stereocenters. The van der Waals surface area contributed by atoms with Gasteiger partial charge < -0.3 is 4.74 Å². The van der Waals surface area contributed by atoms with Gasteiger partial charge in [0.15, 0.2) is 5.69 Å². The number of halogens is 2. The van der Waals surface area contributed by atoms with E-state index in [1.807, 2.05) is 41.5 Å². The van der Waals surface area contributed by atoms with Crippen LogP contribution in [0, 0.1) is 0 Å². The zero-order valence-corrected chi connectivity index (χ0v) is 14.1. The summed E-state index contributed by atoms with van der Waals surface area (Å²) in [4.78, 5) is 11.3. The average Bonchev–Trinajstić information content (AvgIpc) is 3.07. The number of esters is 1. The Kier molecular flexibility index (Phi) is 11.7. The standard InChI is InChI=1S/C9H10F2N2O2.3C2H6/c1-2-15-8(14)6-5-3-4-9(10,11)7(5)13-12-6;3*1-2/h2-4H2,1H3,(H,12,13);3*1-2H3. The molecule has 0 aromatic carbocycles. The number of aromatic nitrogens is 2. The van der Waals surface area contributed by atoms with Crippen molar-refractivity contribution >= 4 is 5.97 Å². The molecule has 1 heterocycles. The van der Waals surface area contributed by atoms with Gasteiger partial charge in [-0.1, -0.05) is 41.5 Å². The monoisotopic (exact) mass is 306 g/mol. The molecule has 0 fully saturated rings. The predicted molar refractivity (Wildman–Crippen MR) is 80.8 cm³/mol. The van der Waals surface area contributed by atoms with Crippen molar-refractivity contribution in [2.75, 3.05) is 6.61 Å². The third kappa shape index (κ3) is 5.44. The van der Waals surface area contributed by atoms with E-state index in [9.17, 15) is 13.6 Å². The number of rotatable bonds is 2. The summed E-state index contributed by atoms with van der Waals surface area (Å²) in [6, 6.07) is 0. The van der Waals surface area contributed by atoms with Crippen molar-refractivity contribution in [1.82, 2.24) is 10.2 Å². The molecule has 0 spiro atoms. The molecule has 4 nitrogen and oxygen atoms in total. The molecule has 124 valence electrons. The van der Waals surface area contributed by atoms with Gasteiger partial charge in [-0.25, -0.2) is 4.79 Å². The SMILES string of the molecule is CC.CC.CC.CCOC(=O)c1n[nH]c2c1CCC2(F)F.